The van der Waals surface area contributed by atoms with Crippen molar-refractivity contribution in [1.82, 2.24) is 14.9 Å². The summed E-state index contributed by atoms with van der Waals surface area (Å²) in [5, 5.41) is 0.919. The lowest BCUT2D eigenvalue weighted by Gasteiger charge is -2.22. The molecular formula is C18H26N4O3. The molecule has 1 aromatic carbocycles. The number of aromatic nitrogens is 2. The first-order chi connectivity index (χ1) is 12.1. The fraction of sp³-hybridized carbons (Fsp3) is 0.556. The zero-order valence-corrected chi connectivity index (χ0v) is 15.6. The van der Waals surface area contributed by atoms with Gasteiger partial charge in [-0.1, -0.05) is 0 Å². The van der Waals surface area contributed by atoms with Gasteiger partial charge < -0.3 is 24.0 Å². The average Bonchev–Trinajstić information content (AvgIpc) is 3.06. The lowest BCUT2D eigenvalue weighted by atomic mass is 10.1. The molecule has 1 aliphatic heterocycles. The molecule has 2 aromatic rings. The predicted octanol–water partition coefficient (Wildman–Crippen LogP) is 2.04. The van der Waals surface area contributed by atoms with E-state index in [-0.39, 0.29) is 0 Å². The Balaban J connectivity index is 2.05. The van der Waals surface area contributed by atoms with Gasteiger partial charge in [-0.25, -0.2) is 9.97 Å². The van der Waals surface area contributed by atoms with Gasteiger partial charge >= 0.3 is 0 Å². The van der Waals surface area contributed by atoms with Crippen LogP contribution >= 0.6 is 0 Å². The van der Waals surface area contributed by atoms with E-state index in [1.54, 1.807) is 27.7 Å². The minimum absolute atomic E-state index is 0.550. The van der Waals surface area contributed by atoms with Crippen LogP contribution < -0.4 is 19.1 Å². The Bertz CT molecular complexity index is 751. The Morgan fingerprint density at radius 3 is 2.52 bits per heavy atom. The predicted molar refractivity (Wildman–Crippen MR) is 98.1 cm³/mol. The zero-order chi connectivity index (χ0) is 18.0. The summed E-state index contributed by atoms with van der Waals surface area (Å²) in [6.07, 6.45) is 2.75. The van der Waals surface area contributed by atoms with E-state index in [9.17, 15) is 0 Å². The van der Waals surface area contributed by atoms with Gasteiger partial charge in [0.2, 0.25) is 5.75 Å². The summed E-state index contributed by atoms with van der Waals surface area (Å²) in [7, 11) is 9.06. The van der Waals surface area contributed by atoms with Crippen LogP contribution in [0.4, 0.5) is 5.82 Å². The molecule has 0 aliphatic carbocycles. The van der Waals surface area contributed by atoms with E-state index >= 15 is 0 Å². The highest BCUT2D eigenvalue weighted by Crippen LogP contribution is 2.44. The van der Waals surface area contributed by atoms with Crippen molar-refractivity contribution >= 4 is 16.7 Å². The van der Waals surface area contributed by atoms with Crippen molar-refractivity contribution in [2.45, 2.75) is 6.42 Å². The van der Waals surface area contributed by atoms with Gasteiger partial charge in [-0.3, -0.25) is 0 Å². The van der Waals surface area contributed by atoms with Crippen LogP contribution in [0.25, 0.3) is 10.9 Å². The summed E-state index contributed by atoms with van der Waals surface area (Å²) in [6.45, 7) is 3.06. The normalized spacial score (nSPS) is 17.4. The highest BCUT2D eigenvalue weighted by molar-refractivity contribution is 5.97. The van der Waals surface area contributed by atoms with E-state index in [0.717, 1.165) is 42.8 Å². The first-order valence-corrected chi connectivity index (χ1v) is 8.42. The summed E-state index contributed by atoms with van der Waals surface area (Å²) in [4.78, 5) is 13.5. The molecule has 7 nitrogen and oxygen atoms in total. The highest BCUT2D eigenvalue weighted by Gasteiger charge is 2.27. The van der Waals surface area contributed by atoms with Crippen LogP contribution in [0, 0.1) is 5.92 Å². The topological polar surface area (TPSA) is 60.0 Å². The van der Waals surface area contributed by atoms with Gasteiger partial charge in [-0.05, 0) is 32.5 Å². The van der Waals surface area contributed by atoms with E-state index in [0.29, 0.717) is 23.2 Å². The van der Waals surface area contributed by atoms with Crippen LogP contribution in [0.15, 0.2) is 12.4 Å². The van der Waals surface area contributed by atoms with Crippen molar-refractivity contribution in [2.75, 3.05) is 60.0 Å². The molecule has 0 saturated carbocycles. The Kier molecular flexibility index (Phi) is 5.13. The second-order valence-corrected chi connectivity index (χ2v) is 6.60. The van der Waals surface area contributed by atoms with Crippen LogP contribution in [0.5, 0.6) is 17.2 Å². The summed E-state index contributed by atoms with van der Waals surface area (Å²) in [5.41, 5.74) is 0.737. The Morgan fingerprint density at radius 1 is 1.12 bits per heavy atom. The molecule has 1 saturated heterocycles. The third-order valence-electron chi connectivity index (χ3n) is 4.62. The fourth-order valence-electron chi connectivity index (χ4n) is 3.59. The highest BCUT2D eigenvalue weighted by atomic mass is 16.5. The van der Waals surface area contributed by atoms with Crippen LogP contribution in [-0.2, 0) is 0 Å². The maximum Gasteiger partial charge on any atom is 0.205 e. The minimum atomic E-state index is 0.550. The largest absolute Gasteiger partial charge is 0.493 e. The molecule has 136 valence electrons. The number of fused-ring (bicyclic) bond motifs is 1. The lowest BCUT2D eigenvalue weighted by molar-refractivity contribution is 0.327. The first kappa shape index (κ1) is 17.5. The molecule has 0 radical (unpaired) electrons. The fourth-order valence-corrected chi connectivity index (χ4v) is 3.59. The van der Waals surface area contributed by atoms with Crippen molar-refractivity contribution in [3.63, 3.8) is 0 Å². The standard InChI is InChI=1S/C18H26N4O3/c1-21(2)9-12-6-7-22(10-12)18-13-8-14(23-3)16(24-4)17(25-5)15(13)19-11-20-18/h8,11-12H,6-7,9-10H2,1-5H3. The molecule has 3 rings (SSSR count). The quantitative estimate of drug-likeness (QED) is 0.793. The molecule has 7 heteroatoms. The number of methoxy groups -OCH3 is 3. The smallest absolute Gasteiger partial charge is 0.205 e. The van der Waals surface area contributed by atoms with E-state index in [1.165, 1.54) is 0 Å². The van der Waals surface area contributed by atoms with Crippen molar-refractivity contribution in [3.05, 3.63) is 12.4 Å². The van der Waals surface area contributed by atoms with Crippen molar-refractivity contribution < 1.29 is 14.2 Å². The van der Waals surface area contributed by atoms with Gasteiger partial charge in [0.05, 0.1) is 26.7 Å². The third kappa shape index (κ3) is 3.28. The SMILES string of the molecule is COc1cc2c(N3CCC(CN(C)C)C3)ncnc2c(OC)c1OC. The molecule has 1 unspecified atom stereocenters. The van der Waals surface area contributed by atoms with Crippen molar-refractivity contribution in [3.8, 4) is 17.2 Å². The number of anilines is 1. The molecular weight excluding hydrogens is 320 g/mol. The van der Waals surface area contributed by atoms with Crippen molar-refractivity contribution in [1.29, 1.82) is 0 Å². The summed E-state index contributed by atoms with van der Waals surface area (Å²) < 4.78 is 16.5. The summed E-state index contributed by atoms with van der Waals surface area (Å²) >= 11 is 0. The molecule has 0 N–H and O–H groups in total. The Morgan fingerprint density at radius 2 is 1.88 bits per heavy atom. The number of hydrogen-bond acceptors (Lipinski definition) is 7. The van der Waals surface area contributed by atoms with Crippen LogP contribution in [0.1, 0.15) is 6.42 Å². The second-order valence-electron chi connectivity index (χ2n) is 6.60. The van der Waals surface area contributed by atoms with Gasteiger partial charge in [0.15, 0.2) is 11.5 Å². The van der Waals surface area contributed by atoms with Crippen LogP contribution in [-0.4, -0.2) is 69.9 Å². The van der Waals surface area contributed by atoms with E-state index < -0.39 is 0 Å². The third-order valence-corrected chi connectivity index (χ3v) is 4.62. The van der Waals surface area contributed by atoms with Crippen LogP contribution in [0.3, 0.4) is 0 Å². The van der Waals surface area contributed by atoms with Gasteiger partial charge in [0.25, 0.3) is 0 Å². The number of ether oxygens (including phenoxy) is 3. The van der Waals surface area contributed by atoms with E-state index in [1.807, 2.05) is 6.07 Å². The molecule has 2 heterocycles. The minimum Gasteiger partial charge on any atom is -0.493 e. The molecule has 0 bridgehead atoms. The molecule has 0 amide bonds. The molecule has 1 aliphatic rings. The molecule has 1 atom stereocenters. The maximum absolute atomic E-state index is 5.56. The van der Waals surface area contributed by atoms with Crippen LogP contribution in [0.2, 0.25) is 0 Å². The Hall–Kier alpha value is -2.28. The van der Waals surface area contributed by atoms with Gasteiger partial charge in [0.1, 0.15) is 17.7 Å². The number of rotatable bonds is 6. The second kappa shape index (κ2) is 7.31. The number of benzene rings is 1. The molecule has 25 heavy (non-hydrogen) atoms. The number of hydrogen-bond donors (Lipinski definition) is 0. The van der Waals surface area contributed by atoms with Crippen molar-refractivity contribution in [2.24, 2.45) is 5.92 Å². The average molecular weight is 346 g/mol. The van der Waals surface area contributed by atoms with Gasteiger partial charge in [-0.2, -0.15) is 0 Å². The van der Waals surface area contributed by atoms with Gasteiger partial charge in [0, 0.05) is 19.6 Å². The first-order valence-electron chi connectivity index (χ1n) is 8.42. The van der Waals surface area contributed by atoms with Gasteiger partial charge in [-0.15, -0.1) is 0 Å². The summed E-state index contributed by atoms with van der Waals surface area (Å²) in [6, 6.07) is 1.94. The zero-order valence-electron chi connectivity index (χ0n) is 15.6. The lowest BCUT2D eigenvalue weighted by Crippen LogP contribution is -2.26. The molecule has 1 fully saturated rings. The maximum atomic E-state index is 5.56. The Labute approximate surface area is 148 Å². The summed E-state index contributed by atoms with van der Waals surface area (Å²) in [5.74, 6) is 3.30. The molecule has 0 spiro atoms. The monoisotopic (exact) mass is 346 g/mol. The number of nitrogens with zero attached hydrogens (tertiary/aromatic N) is 4. The molecule has 1 aromatic heterocycles. The van der Waals surface area contributed by atoms with E-state index in [4.69, 9.17) is 14.2 Å². The van der Waals surface area contributed by atoms with E-state index in [2.05, 4.69) is 33.9 Å².